The molecule has 0 radical (unpaired) electrons. The van der Waals surface area contributed by atoms with Crippen LogP contribution in [0.4, 0.5) is 5.82 Å². The second-order valence-electron chi connectivity index (χ2n) is 4.96. The van der Waals surface area contributed by atoms with Gasteiger partial charge in [-0.3, -0.25) is 9.78 Å². The number of halogens is 1. The third-order valence-electron chi connectivity index (χ3n) is 3.25. The van der Waals surface area contributed by atoms with Gasteiger partial charge in [-0.05, 0) is 18.6 Å². The number of benzene rings is 1. The molecule has 1 aromatic carbocycles. The lowest BCUT2D eigenvalue weighted by molar-refractivity contribution is 0.102. The summed E-state index contributed by atoms with van der Waals surface area (Å²) < 4.78 is 2.72. The van der Waals surface area contributed by atoms with Crippen LogP contribution in [0.2, 0.25) is 0 Å². The Hall–Kier alpha value is -2.54. The van der Waals surface area contributed by atoms with E-state index in [1.807, 2.05) is 31.2 Å². The summed E-state index contributed by atoms with van der Waals surface area (Å²) in [6.45, 7) is 2.37. The monoisotopic (exact) mass is 371 g/mol. The summed E-state index contributed by atoms with van der Waals surface area (Å²) in [5, 5.41) is 7.07. The molecule has 116 valence electrons. The Bertz CT molecular complexity index is 828. The van der Waals surface area contributed by atoms with E-state index in [0.29, 0.717) is 12.4 Å². The zero-order chi connectivity index (χ0) is 16.2. The number of nitrogens with zero attached hydrogens (tertiary/aromatic N) is 4. The Kier molecular flexibility index (Phi) is 4.47. The molecule has 0 aliphatic rings. The molecule has 0 atom stereocenters. The quantitative estimate of drug-likeness (QED) is 0.764. The molecule has 0 saturated carbocycles. The second-order valence-corrected chi connectivity index (χ2v) is 5.82. The Balaban J connectivity index is 1.77. The van der Waals surface area contributed by atoms with Crippen molar-refractivity contribution in [2.24, 2.45) is 0 Å². The Morgan fingerprint density at radius 2 is 2.04 bits per heavy atom. The van der Waals surface area contributed by atoms with Gasteiger partial charge in [-0.15, -0.1) is 0 Å². The van der Waals surface area contributed by atoms with E-state index in [1.54, 1.807) is 23.1 Å². The molecule has 3 rings (SSSR count). The molecular formula is C16H14BrN5O. The van der Waals surface area contributed by atoms with Gasteiger partial charge in [0.05, 0.1) is 24.6 Å². The fraction of sp³-hybridized carbons (Fsp3) is 0.125. The first-order chi connectivity index (χ1) is 11.1. The van der Waals surface area contributed by atoms with Gasteiger partial charge in [0.2, 0.25) is 0 Å². The van der Waals surface area contributed by atoms with Crippen LogP contribution in [0.3, 0.4) is 0 Å². The minimum atomic E-state index is -0.314. The van der Waals surface area contributed by atoms with Gasteiger partial charge >= 0.3 is 0 Å². The van der Waals surface area contributed by atoms with Crippen molar-refractivity contribution in [2.75, 3.05) is 5.32 Å². The van der Waals surface area contributed by atoms with E-state index in [9.17, 15) is 4.79 Å². The number of hydrogen-bond acceptors (Lipinski definition) is 4. The van der Waals surface area contributed by atoms with Gasteiger partial charge in [-0.25, -0.2) is 9.67 Å². The first-order valence-electron chi connectivity index (χ1n) is 6.99. The topological polar surface area (TPSA) is 72.7 Å². The fourth-order valence-corrected chi connectivity index (χ4v) is 2.45. The molecule has 1 amide bonds. The van der Waals surface area contributed by atoms with Crippen LogP contribution in [0.15, 0.2) is 53.4 Å². The molecule has 6 nitrogen and oxygen atoms in total. The number of carbonyl (C=O) groups is 1. The van der Waals surface area contributed by atoms with Crippen molar-refractivity contribution in [1.82, 2.24) is 19.7 Å². The maximum absolute atomic E-state index is 12.2. The number of rotatable bonds is 4. The van der Waals surface area contributed by atoms with Crippen molar-refractivity contribution >= 4 is 27.7 Å². The van der Waals surface area contributed by atoms with Crippen LogP contribution in [-0.2, 0) is 6.54 Å². The molecule has 0 bridgehead atoms. The van der Waals surface area contributed by atoms with Gasteiger partial charge in [-0.2, -0.15) is 5.10 Å². The van der Waals surface area contributed by atoms with Crippen molar-refractivity contribution in [3.63, 3.8) is 0 Å². The summed E-state index contributed by atoms with van der Waals surface area (Å²) in [6, 6.07) is 9.64. The number of anilines is 1. The molecule has 23 heavy (non-hydrogen) atoms. The van der Waals surface area contributed by atoms with E-state index in [-0.39, 0.29) is 11.6 Å². The molecule has 0 spiro atoms. The molecule has 0 saturated heterocycles. The molecule has 3 aromatic rings. The standard InChI is InChI=1S/C16H14BrN5O/c1-11-8-19-14(9-18-11)16(23)21-15-6-7-20-22(15)10-12-4-2-3-5-13(12)17/h2-9H,10H2,1H3,(H,21,23). The summed E-state index contributed by atoms with van der Waals surface area (Å²) in [7, 11) is 0. The second kappa shape index (κ2) is 6.70. The lowest BCUT2D eigenvalue weighted by Gasteiger charge is -2.10. The highest BCUT2D eigenvalue weighted by Crippen LogP contribution is 2.19. The molecule has 0 aliphatic heterocycles. The maximum Gasteiger partial charge on any atom is 0.277 e. The average molecular weight is 372 g/mol. The SMILES string of the molecule is Cc1cnc(C(=O)Nc2ccnn2Cc2ccccc2Br)cn1. The van der Waals surface area contributed by atoms with Crippen molar-refractivity contribution in [3.8, 4) is 0 Å². The van der Waals surface area contributed by atoms with Crippen LogP contribution in [0.1, 0.15) is 21.7 Å². The number of carbonyl (C=O) groups excluding carboxylic acids is 1. The predicted octanol–water partition coefficient (Wildman–Crippen LogP) is 3.04. The molecular weight excluding hydrogens is 358 g/mol. The van der Waals surface area contributed by atoms with Crippen LogP contribution in [0, 0.1) is 6.92 Å². The molecule has 2 heterocycles. The third-order valence-corrected chi connectivity index (χ3v) is 4.02. The van der Waals surface area contributed by atoms with E-state index in [4.69, 9.17) is 0 Å². The first kappa shape index (κ1) is 15.4. The van der Waals surface area contributed by atoms with E-state index >= 15 is 0 Å². The largest absolute Gasteiger partial charge is 0.305 e. The smallest absolute Gasteiger partial charge is 0.277 e. The van der Waals surface area contributed by atoms with Crippen molar-refractivity contribution in [2.45, 2.75) is 13.5 Å². The van der Waals surface area contributed by atoms with Crippen molar-refractivity contribution in [3.05, 3.63) is 70.3 Å². The van der Waals surface area contributed by atoms with Gasteiger partial charge in [0, 0.05) is 16.7 Å². The molecule has 7 heteroatoms. The van der Waals surface area contributed by atoms with E-state index in [1.165, 1.54) is 6.20 Å². The summed E-state index contributed by atoms with van der Waals surface area (Å²) in [5.41, 5.74) is 2.10. The van der Waals surface area contributed by atoms with Gasteiger partial charge in [0.15, 0.2) is 0 Å². The molecule has 0 unspecified atom stereocenters. The van der Waals surface area contributed by atoms with Crippen LogP contribution in [0.5, 0.6) is 0 Å². The van der Waals surface area contributed by atoms with E-state index in [2.05, 4.69) is 36.3 Å². The maximum atomic E-state index is 12.2. The zero-order valence-electron chi connectivity index (χ0n) is 12.4. The van der Waals surface area contributed by atoms with Crippen molar-refractivity contribution in [1.29, 1.82) is 0 Å². The zero-order valence-corrected chi connectivity index (χ0v) is 14.0. The average Bonchev–Trinajstić information content (AvgIpc) is 2.97. The molecule has 2 aromatic heterocycles. The Morgan fingerprint density at radius 3 is 2.78 bits per heavy atom. The van der Waals surface area contributed by atoms with Crippen LogP contribution >= 0.6 is 15.9 Å². The van der Waals surface area contributed by atoms with Gasteiger partial charge in [0.25, 0.3) is 5.91 Å². The molecule has 0 fully saturated rings. The van der Waals surface area contributed by atoms with Crippen LogP contribution in [-0.4, -0.2) is 25.7 Å². The van der Waals surface area contributed by atoms with Gasteiger partial charge in [0.1, 0.15) is 11.5 Å². The Labute approximate surface area is 141 Å². The fourth-order valence-electron chi connectivity index (χ4n) is 2.04. The summed E-state index contributed by atoms with van der Waals surface area (Å²) in [6.07, 6.45) is 4.67. The first-order valence-corrected chi connectivity index (χ1v) is 7.78. The molecule has 0 aliphatic carbocycles. The number of aryl methyl sites for hydroxylation is 1. The highest BCUT2D eigenvalue weighted by molar-refractivity contribution is 9.10. The number of hydrogen-bond donors (Lipinski definition) is 1. The normalized spacial score (nSPS) is 10.5. The predicted molar refractivity (Wildman–Crippen MR) is 90.2 cm³/mol. The lowest BCUT2D eigenvalue weighted by atomic mass is 10.2. The van der Waals surface area contributed by atoms with E-state index < -0.39 is 0 Å². The minimum absolute atomic E-state index is 0.268. The van der Waals surface area contributed by atoms with Gasteiger partial charge < -0.3 is 5.32 Å². The number of aromatic nitrogens is 4. The highest BCUT2D eigenvalue weighted by atomic mass is 79.9. The van der Waals surface area contributed by atoms with E-state index in [0.717, 1.165) is 15.7 Å². The Morgan fingerprint density at radius 1 is 1.22 bits per heavy atom. The third kappa shape index (κ3) is 3.62. The number of amides is 1. The minimum Gasteiger partial charge on any atom is -0.305 e. The van der Waals surface area contributed by atoms with Crippen molar-refractivity contribution < 1.29 is 4.79 Å². The van der Waals surface area contributed by atoms with Crippen LogP contribution < -0.4 is 5.32 Å². The highest BCUT2D eigenvalue weighted by Gasteiger charge is 2.12. The lowest BCUT2D eigenvalue weighted by Crippen LogP contribution is -2.17. The number of nitrogens with one attached hydrogen (secondary N) is 1. The molecule has 1 N–H and O–H groups in total. The summed E-state index contributed by atoms with van der Waals surface area (Å²) >= 11 is 3.51. The summed E-state index contributed by atoms with van der Waals surface area (Å²) in [5.74, 6) is 0.291. The van der Waals surface area contributed by atoms with Crippen LogP contribution in [0.25, 0.3) is 0 Å². The summed E-state index contributed by atoms with van der Waals surface area (Å²) in [4.78, 5) is 20.4. The van der Waals surface area contributed by atoms with Gasteiger partial charge in [-0.1, -0.05) is 34.1 Å².